The fourth-order valence-electron chi connectivity index (χ4n) is 3.02. The molecule has 2 aromatic rings. The van der Waals surface area contributed by atoms with Gasteiger partial charge < -0.3 is 5.32 Å². The van der Waals surface area contributed by atoms with E-state index >= 15 is 0 Å². The van der Waals surface area contributed by atoms with Crippen LogP contribution in [0.4, 0.5) is 0 Å². The number of carbonyl (C=O) groups excluding carboxylic acids is 1. The summed E-state index contributed by atoms with van der Waals surface area (Å²) in [7, 11) is 3.40. The Bertz CT molecular complexity index is 908. The Labute approximate surface area is 159 Å². The van der Waals surface area contributed by atoms with E-state index in [0.29, 0.717) is 5.56 Å². The third-order valence-corrected chi connectivity index (χ3v) is 5.00. The standard InChI is InChI=1S/C17H17IN6O/c1-17(8-15(25)23(2)16(20)21-17)14-7-13(22-24(14)3)11-4-10(9-19)5-12(18)6-11/h4-7H,8H2,1-3H3,(H2,20,21)/t17-/m0/s1. The number of guanidine groups is 1. The van der Waals surface area contributed by atoms with Gasteiger partial charge in [-0.15, -0.1) is 0 Å². The van der Waals surface area contributed by atoms with Crippen molar-refractivity contribution in [2.45, 2.75) is 18.9 Å². The number of benzene rings is 1. The maximum atomic E-state index is 12.2. The lowest BCUT2D eigenvalue weighted by atomic mass is 9.90. The van der Waals surface area contributed by atoms with Gasteiger partial charge in [-0.1, -0.05) is 0 Å². The van der Waals surface area contributed by atoms with E-state index in [0.717, 1.165) is 20.5 Å². The molecule has 0 saturated carbocycles. The van der Waals surface area contributed by atoms with Crippen LogP contribution in [0, 0.1) is 20.3 Å². The van der Waals surface area contributed by atoms with Gasteiger partial charge in [0, 0.05) is 23.2 Å². The summed E-state index contributed by atoms with van der Waals surface area (Å²) in [5, 5.41) is 24.8. The highest BCUT2D eigenvalue weighted by molar-refractivity contribution is 14.1. The Morgan fingerprint density at radius 1 is 1.36 bits per heavy atom. The van der Waals surface area contributed by atoms with Crippen LogP contribution in [-0.4, -0.2) is 33.6 Å². The van der Waals surface area contributed by atoms with Gasteiger partial charge in [-0.25, -0.2) is 0 Å². The van der Waals surface area contributed by atoms with Gasteiger partial charge >= 0.3 is 0 Å². The molecule has 25 heavy (non-hydrogen) atoms. The largest absolute Gasteiger partial charge is 0.345 e. The molecule has 128 valence electrons. The number of amides is 1. The lowest BCUT2D eigenvalue weighted by molar-refractivity contribution is -0.129. The first-order valence-corrected chi connectivity index (χ1v) is 8.70. The topological polar surface area (TPSA) is 97.8 Å². The molecule has 2 N–H and O–H groups in total. The Hall–Kier alpha value is -2.41. The summed E-state index contributed by atoms with van der Waals surface area (Å²) in [4.78, 5) is 13.5. The first kappa shape index (κ1) is 17.4. The third kappa shape index (κ3) is 3.11. The monoisotopic (exact) mass is 448 g/mol. The van der Waals surface area contributed by atoms with Crippen molar-refractivity contribution in [3.63, 3.8) is 0 Å². The van der Waals surface area contributed by atoms with Gasteiger partial charge in [0.25, 0.3) is 0 Å². The van der Waals surface area contributed by atoms with Crippen LogP contribution in [0.25, 0.3) is 11.3 Å². The highest BCUT2D eigenvalue weighted by atomic mass is 127. The van der Waals surface area contributed by atoms with E-state index in [-0.39, 0.29) is 18.3 Å². The van der Waals surface area contributed by atoms with Crippen molar-refractivity contribution in [1.82, 2.24) is 20.0 Å². The van der Waals surface area contributed by atoms with E-state index in [1.165, 1.54) is 4.90 Å². The maximum Gasteiger partial charge on any atom is 0.231 e. The number of rotatable bonds is 2. The summed E-state index contributed by atoms with van der Waals surface area (Å²) in [6.45, 7) is 1.89. The Balaban J connectivity index is 2.04. The first-order chi connectivity index (χ1) is 11.7. The van der Waals surface area contributed by atoms with Gasteiger partial charge in [-0.2, -0.15) is 10.4 Å². The van der Waals surface area contributed by atoms with Crippen LogP contribution in [-0.2, 0) is 17.4 Å². The zero-order chi connectivity index (χ0) is 18.4. The molecule has 0 aliphatic carbocycles. The van der Waals surface area contributed by atoms with Gasteiger partial charge in [0.1, 0.15) is 0 Å². The molecule has 1 aliphatic rings. The Kier molecular flexibility index (Phi) is 4.28. The van der Waals surface area contributed by atoms with Crippen LogP contribution in [0.15, 0.2) is 24.3 Å². The summed E-state index contributed by atoms with van der Waals surface area (Å²) >= 11 is 2.17. The van der Waals surface area contributed by atoms with Crippen LogP contribution in [0.1, 0.15) is 24.6 Å². The van der Waals surface area contributed by atoms with Gasteiger partial charge in [0.15, 0.2) is 5.96 Å². The van der Waals surface area contributed by atoms with Crippen molar-refractivity contribution in [2.75, 3.05) is 7.05 Å². The predicted molar refractivity (Wildman–Crippen MR) is 102 cm³/mol. The molecule has 0 bridgehead atoms. The summed E-state index contributed by atoms with van der Waals surface area (Å²) in [6.07, 6.45) is 0.237. The van der Waals surface area contributed by atoms with Crippen molar-refractivity contribution in [2.24, 2.45) is 7.05 Å². The molecule has 0 unspecified atom stereocenters. The van der Waals surface area contributed by atoms with E-state index in [1.54, 1.807) is 17.8 Å². The molecule has 3 rings (SSSR count). The normalized spacial score (nSPS) is 20.4. The summed E-state index contributed by atoms with van der Waals surface area (Å²) < 4.78 is 2.68. The average molecular weight is 448 g/mol. The fourth-order valence-corrected chi connectivity index (χ4v) is 3.69. The highest BCUT2D eigenvalue weighted by Crippen LogP contribution is 2.32. The summed E-state index contributed by atoms with van der Waals surface area (Å²) in [5.74, 6) is -0.0439. The number of carbonyl (C=O) groups is 1. The molecule has 2 heterocycles. The molecule has 1 aromatic carbocycles. The highest BCUT2D eigenvalue weighted by Gasteiger charge is 2.40. The number of nitrogens with one attached hydrogen (secondary N) is 2. The van der Waals surface area contributed by atoms with Crippen LogP contribution in [0.5, 0.6) is 0 Å². The molecule has 1 atom stereocenters. The zero-order valence-electron chi connectivity index (χ0n) is 14.1. The molecule has 8 heteroatoms. The van der Waals surface area contributed by atoms with Crippen LogP contribution in [0.3, 0.4) is 0 Å². The van der Waals surface area contributed by atoms with Gasteiger partial charge in [-0.05, 0) is 53.8 Å². The lowest BCUT2D eigenvalue weighted by Crippen LogP contribution is -2.58. The van der Waals surface area contributed by atoms with Crippen molar-refractivity contribution >= 4 is 34.5 Å². The molecule has 1 saturated heterocycles. The number of aromatic nitrogens is 2. The molecule has 0 radical (unpaired) electrons. The minimum atomic E-state index is -0.708. The van der Waals surface area contributed by atoms with E-state index in [1.807, 2.05) is 32.2 Å². The molecular weight excluding hydrogens is 431 g/mol. The smallest absolute Gasteiger partial charge is 0.231 e. The van der Waals surface area contributed by atoms with Crippen LogP contribution >= 0.6 is 22.6 Å². The number of halogens is 1. The van der Waals surface area contributed by atoms with Gasteiger partial charge in [0.2, 0.25) is 5.91 Å². The molecule has 1 amide bonds. The lowest BCUT2D eigenvalue weighted by Gasteiger charge is -2.39. The number of hydrogen-bond acceptors (Lipinski definition) is 4. The van der Waals surface area contributed by atoms with E-state index in [2.05, 4.69) is 39.1 Å². The van der Waals surface area contributed by atoms with Crippen molar-refractivity contribution in [1.29, 1.82) is 10.7 Å². The quantitative estimate of drug-likeness (QED) is 0.689. The van der Waals surface area contributed by atoms with E-state index in [9.17, 15) is 4.79 Å². The third-order valence-electron chi connectivity index (χ3n) is 4.38. The minimum absolute atomic E-state index is 0.0718. The maximum absolute atomic E-state index is 12.2. The number of aryl methyl sites for hydroxylation is 1. The number of nitrogens with zero attached hydrogens (tertiary/aromatic N) is 4. The van der Waals surface area contributed by atoms with Crippen LogP contribution < -0.4 is 5.32 Å². The molecule has 1 aliphatic heterocycles. The van der Waals surface area contributed by atoms with Gasteiger partial charge in [-0.3, -0.25) is 19.8 Å². The SMILES string of the molecule is CN1C(=N)N[C@](C)(c2cc(-c3cc(I)cc(C#N)c3)nn2C)CC1=O. The van der Waals surface area contributed by atoms with Crippen molar-refractivity contribution in [3.8, 4) is 17.3 Å². The van der Waals surface area contributed by atoms with Crippen LogP contribution in [0.2, 0.25) is 0 Å². The number of nitriles is 1. The predicted octanol–water partition coefficient (Wildman–Crippen LogP) is 2.17. The van der Waals surface area contributed by atoms with Gasteiger partial charge in [0.05, 0.1) is 35.0 Å². The second kappa shape index (κ2) is 6.15. The average Bonchev–Trinajstić information content (AvgIpc) is 2.94. The van der Waals surface area contributed by atoms with Crippen molar-refractivity contribution in [3.05, 3.63) is 39.1 Å². The second-order valence-electron chi connectivity index (χ2n) is 6.31. The number of hydrogen-bond donors (Lipinski definition) is 2. The zero-order valence-corrected chi connectivity index (χ0v) is 16.2. The Morgan fingerprint density at radius 2 is 2.08 bits per heavy atom. The van der Waals surface area contributed by atoms with E-state index < -0.39 is 5.54 Å². The summed E-state index contributed by atoms with van der Waals surface area (Å²) in [6, 6.07) is 9.64. The molecular formula is C17H17IN6O. The molecule has 1 aromatic heterocycles. The first-order valence-electron chi connectivity index (χ1n) is 7.62. The second-order valence-corrected chi connectivity index (χ2v) is 7.56. The van der Waals surface area contributed by atoms with Crippen molar-refractivity contribution < 1.29 is 4.79 Å². The minimum Gasteiger partial charge on any atom is -0.345 e. The van der Waals surface area contributed by atoms with E-state index in [4.69, 9.17) is 10.7 Å². The Morgan fingerprint density at radius 3 is 2.72 bits per heavy atom. The molecule has 0 spiro atoms. The molecule has 7 nitrogen and oxygen atoms in total. The summed E-state index contributed by atoms with van der Waals surface area (Å²) in [5.41, 5.74) is 2.26. The fraction of sp³-hybridized carbons (Fsp3) is 0.294. The molecule has 1 fully saturated rings.